The van der Waals surface area contributed by atoms with Crippen molar-refractivity contribution in [3.63, 3.8) is 0 Å². The molecule has 0 spiro atoms. The van der Waals surface area contributed by atoms with Crippen LogP contribution in [-0.4, -0.2) is 43.5 Å². The first kappa shape index (κ1) is 8.20. The molecule has 0 bridgehead atoms. The number of hydrogen-bond acceptors (Lipinski definition) is 3. The second-order valence-corrected chi connectivity index (χ2v) is 3.96. The van der Waals surface area contributed by atoms with Gasteiger partial charge in [-0.05, 0) is 14.0 Å². The summed E-state index contributed by atoms with van der Waals surface area (Å²) in [7, 11) is 2.03. The molecule has 12 heavy (non-hydrogen) atoms. The lowest BCUT2D eigenvalue weighted by Crippen LogP contribution is -2.36. The Morgan fingerprint density at radius 3 is 2.92 bits per heavy atom. The van der Waals surface area contributed by atoms with Gasteiger partial charge in [0.05, 0.1) is 19.3 Å². The smallest absolute Gasteiger partial charge is 0.147 e. The van der Waals surface area contributed by atoms with Crippen molar-refractivity contribution >= 4 is 5.78 Å². The van der Waals surface area contributed by atoms with E-state index in [0.717, 1.165) is 19.8 Å². The number of carbonyl (C=O) groups is 1. The lowest BCUT2D eigenvalue weighted by molar-refractivity contribution is -0.122. The highest BCUT2D eigenvalue weighted by atomic mass is 16.5. The minimum absolute atomic E-state index is 0.123. The molecule has 0 aliphatic carbocycles. The fourth-order valence-corrected chi connectivity index (χ4v) is 2.57. The number of ether oxygens (including phenoxy) is 1. The second kappa shape index (κ2) is 2.82. The highest BCUT2D eigenvalue weighted by molar-refractivity contribution is 5.82. The van der Waals surface area contributed by atoms with Gasteiger partial charge in [0.2, 0.25) is 0 Å². The molecule has 0 aromatic rings. The van der Waals surface area contributed by atoms with E-state index in [1.165, 1.54) is 0 Å². The number of fused-ring (bicyclic) bond motifs is 1. The van der Waals surface area contributed by atoms with E-state index in [1.807, 2.05) is 7.05 Å². The van der Waals surface area contributed by atoms with Gasteiger partial charge in [-0.15, -0.1) is 0 Å². The fraction of sp³-hybridized carbons (Fsp3) is 0.889. The van der Waals surface area contributed by atoms with Crippen LogP contribution in [0.5, 0.6) is 0 Å². The predicted molar refractivity (Wildman–Crippen MR) is 44.9 cm³/mol. The fourth-order valence-electron chi connectivity index (χ4n) is 2.57. The van der Waals surface area contributed by atoms with Gasteiger partial charge in [0.15, 0.2) is 0 Å². The summed E-state index contributed by atoms with van der Waals surface area (Å²) in [6.07, 6.45) is 0. The molecule has 0 aromatic heterocycles. The van der Waals surface area contributed by atoms with Gasteiger partial charge in [-0.2, -0.15) is 0 Å². The van der Waals surface area contributed by atoms with E-state index in [0.29, 0.717) is 11.8 Å². The number of hydrogen-bond donors (Lipinski definition) is 0. The molecule has 3 unspecified atom stereocenters. The molecule has 3 nitrogen and oxygen atoms in total. The van der Waals surface area contributed by atoms with Crippen LogP contribution >= 0.6 is 0 Å². The molecule has 2 rings (SSSR count). The number of carbonyl (C=O) groups excluding carboxylic acids is 1. The van der Waals surface area contributed by atoms with E-state index < -0.39 is 0 Å². The van der Waals surface area contributed by atoms with Crippen molar-refractivity contribution in [2.45, 2.75) is 13.0 Å². The molecular formula is C9H15NO2. The van der Waals surface area contributed by atoms with Gasteiger partial charge in [0.25, 0.3) is 0 Å². The molecule has 0 saturated carbocycles. The van der Waals surface area contributed by atoms with Gasteiger partial charge in [-0.25, -0.2) is 0 Å². The molecule has 0 radical (unpaired) electrons. The minimum Gasteiger partial charge on any atom is -0.381 e. The number of ketones is 1. The Morgan fingerprint density at radius 2 is 2.25 bits per heavy atom. The van der Waals surface area contributed by atoms with Gasteiger partial charge in [0, 0.05) is 18.4 Å². The molecule has 2 heterocycles. The summed E-state index contributed by atoms with van der Waals surface area (Å²) in [6, 6.07) is 0.123. The van der Waals surface area contributed by atoms with Crippen molar-refractivity contribution in [3.05, 3.63) is 0 Å². The first-order valence-electron chi connectivity index (χ1n) is 4.48. The van der Waals surface area contributed by atoms with Crippen LogP contribution in [-0.2, 0) is 9.53 Å². The first-order valence-corrected chi connectivity index (χ1v) is 4.48. The average molecular weight is 169 g/mol. The van der Waals surface area contributed by atoms with Crippen LogP contribution in [0, 0.1) is 11.8 Å². The van der Waals surface area contributed by atoms with Crippen LogP contribution in [0.1, 0.15) is 6.92 Å². The normalized spacial score (nSPS) is 41.7. The van der Waals surface area contributed by atoms with Crippen molar-refractivity contribution in [1.29, 1.82) is 0 Å². The molecule has 3 heteroatoms. The summed E-state index contributed by atoms with van der Waals surface area (Å²) in [5.74, 6) is 1.35. The van der Waals surface area contributed by atoms with Crippen molar-refractivity contribution in [2.24, 2.45) is 11.8 Å². The third kappa shape index (κ3) is 1.08. The van der Waals surface area contributed by atoms with Crippen molar-refractivity contribution in [1.82, 2.24) is 4.90 Å². The van der Waals surface area contributed by atoms with E-state index in [1.54, 1.807) is 6.92 Å². The highest BCUT2D eigenvalue weighted by Crippen LogP contribution is 2.33. The summed E-state index contributed by atoms with van der Waals surface area (Å²) in [4.78, 5) is 13.5. The Hall–Kier alpha value is -0.410. The molecule has 2 fully saturated rings. The summed E-state index contributed by atoms with van der Waals surface area (Å²) < 4.78 is 5.36. The van der Waals surface area contributed by atoms with Crippen molar-refractivity contribution < 1.29 is 9.53 Å². The number of Topliss-reactive ketones (excluding diaryl/α,β-unsaturated/α-hetero) is 1. The van der Waals surface area contributed by atoms with Gasteiger partial charge in [0.1, 0.15) is 5.78 Å². The molecule has 0 N–H and O–H groups in total. The number of likely N-dealkylation sites (tertiary alicyclic amines) is 1. The topological polar surface area (TPSA) is 29.5 Å². The van der Waals surface area contributed by atoms with Crippen LogP contribution < -0.4 is 0 Å². The second-order valence-electron chi connectivity index (χ2n) is 3.96. The zero-order valence-electron chi connectivity index (χ0n) is 7.62. The molecule has 2 aliphatic heterocycles. The summed E-state index contributed by atoms with van der Waals surface area (Å²) in [6.45, 7) is 4.33. The Labute approximate surface area is 72.7 Å². The van der Waals surface area contributed by atoms with Crippen LogP contribution in [0.15, 0.2) is 0 Å². The summed E-state index contributed by atoms with van der Waals surface area (Å²) >= 11 is 0. The predicted octanol–water partition coefficient (Wildman–Crippen LogP) is 0.152. The number of likely N-dealkylation sites (N-methyl/N-ethyl adjacent to an activating group) is 1. The Bertz CT molecular complexity index is 205. The average Bonchev–Trinajstić information content (AvgIpc) is 2.44. The maximum atomic E-state index is 11.3. The van der Waals surface area contributed by atoms with E-state index >= 15 is 0 Å². The maximum Gasteiger partial charge on any atom is 0.147 e. The van der Waals surface area contributed by atoms with Crippen LogP contribution in [0.3, 0.4) is 0 Å². The molecule has 2 saturated heterocycles. The zero-order chi connectivity index (χ0) is 8.72. The Kier molecular flexibility index (Phi) is 1.93. The van der Waals surface area contributed by atoms with Crippen LogP contribution in [0.4, 0.5) is 0 Å². The van der Waals surface area contributed by atoms with E-state index in [-0.39, 0.29) is 11.8 Å². The maximum absolute atomic E-state index is 11.3. The van der Waals surface area contributed by atoms with Gasteiger partial charge >= 0.3 is 0 Å². The van der Waals surface area contributed by atoms with Gasteiger partial charge in [-0.3, -0.25) is 9.69 Å². The standard InChI is InChI=1S/C9H15NO2/c1-6(11)9-8-5-12-4-7(8)3-10(9)2/h7-9H,3-5H2,1-2H3. The summed E-state index contributed by atoms with van der Waals surface area (Å²) in [5.41, 5.74) is 0. The van der Waals surface area contributed by atoms with Crippen LogP contribution in [0.25, 0.3) is 0 Å². The SMILES string of the molecule is CC(=O)C1C2COCC2CN1C. The molecular weight excluding hydrogens is 154 g/mol. The van der Waals surface area contributed by atoms with Crippen LogP contribution in [0.2, 0.25) is 0 Å². The van der Waals surface area contributed by atoms with E-state index in [9.17, 15) is 4.79 Å². The van der Waals surface area contributed by atoms with E-state index in [2.05, 4.69) is 4.90 Å². The lowest BCUT2D eigenvalue weighted by atomic mass is 9.92. The highest BCUT2D eigenvalue weighted by Gasteiger charge is 2.45. The first-order chi connectivity index (χ1) is 5.70. The van der Waals surface area contributed by atoms with Gasteiger partial charge in [-0.1, -0.05) is 0 Å². The minimum atomic E-state index is 0.123. The number of nitrogens with zero attached hydrogens (tertiary/aromatic N) is 1. The van der Waals surface area contributed by atoms with Crippen molar-refractivity contribution in [3.8, 4) is 0 Å². The largest absolute Gasteiger partial charge is 0.381 e. The molecule has 0 aromatic carbocycles. The lowest BCUT2D eigenvalue weighted by Gasteiger charge is -2.20. The number of rotatable bonds is 1. The van der Waals surface area contributed by atoms with Crippen molar-refractivity contribution in [2.75, 3.05) is 26.8 Å². The third-order valence-corrected chi connectivity index (χ3v) is 3.07. The summed E-state index contributed by atoms with van der Waals surface area (Å²) in [5, 5.41) is 0. The zero-order valence-corrected chi connectivity index (χ0v) is 7.62. The van der Waals surface area contributed by atoms with E-state index in [4.69, 9.17) is 4.74 Å². The Morgan fingerprint density at radius 1 is 1.50 bits per heavy atom. The van der Waals surface area contributed by atoms with Gasteiger partial charge < -0.3 is 4.74 Å². The molecule has 3 atom stereocenters. The monoisotopic (exact) mass is 169 g/mol. The Balaban J connectivity index is 2.15. The third-order valence-electron chi connectivity index (χ3n) is 3.07. The quantitative estimate of drug-likeness (QED) is 0.559. The molecule has 0 amide bonds. The molecule has 2 aliphatic rings. The molecule has 68 valence electrons.